The third-order valence-electron chi connectivity index (χ3n) is 1.84. The average molecular weight is 232 g/mol. The lowest BCUT2D eigenvalue weighted by atomic mass is 10.1. The summed E-state index contributed by atoms with van der Waals surface area (Å²) in [5, 5.41) is 0. The first-order chi connectivity index (χ1) is 7.04. The van der Waals surface area contributed by atoms with Gasteiger partial charge in [0, 0.05) is 16.6 Å². The molecule has 2 nitrogen and oxygen atoms in total. The van der Waals surface area contributed by atoms with E-state index in [-0.39, 0.29) is 11.3 Å². The zero-order valence-electron chi connectivity index (χ0n) is 8.13. The van der Waals surface area contributed by atoms with E-state index in [2.05, 4.69) is 0 Å². The molecule has 5 heteroatoms. The number of hydrogen-bond donors (Lipinski definition) is 0. The monoisotopic (exact) mass is 232 g/mol. The van der Waals surface area contributed by atoms with Crippen LogP contribution in [-0.4, -0.2) is 21.5 Å². The quantitative estimate of drug-likeness (QED) is 0.743. The molecule has 0 N–H and O–H groups in total. The number of carbonyl (C=O) groups is 1. The normalized spacial score (nSPS) is 12.5. The first-order valence-corrected chi connectivity index (χ1v) is 5.86. The summed E-state index contributed by atoms with van der Waals surface area (Å²) >= 11 is 0. The first kappa shape index (κ1) is 12.0. The van der Waals surface area contributed by atoms with E-state index in [4.69, 9.17) is 0 Å². The van der Waals surface area contributed by atoms with Gasteiger partial charge in [0.1, 0.15) is 11.6 Å². The maximum Gasteiger partial charge on any atom is 0.178 e. The van der Waals surface area contributed by atoms with Crippen LogP contribution in [0.15, 0.2) is 18.2 Å². The Morgan fingerprint density at radius 3 is 2.67 bits per heavy atom. The summed E-state index contributed by atoms with van der Waals surface area (Å²) in [5.41, 5.74) is -0.336. The van der Waals surface area contributed by atoms with Crippen LogP contribution >= 0.6 is 0 Å². The summed E-state index contributed by atoms with van der Waals surface area (Å²) in [7, 11) is -1.31. The van der Waals surface area contributed by atoms with Crippen LogP contribution in [0.4, 0.5) is 8.78 Å². The Balaban J connectivity index is 2.91. The van der Waals surface area contributed by atoms with Gasteiger partial charge >= 0.3 is 0 Å². The van der Waals surface area contributed by atoms with Crippen LogP contribution in [0.5, 0.6) is 0 Å². The van der Waals surface area contributed by atoms with E-state index in [0.717, 1.165) is 18.2 Å². The van der Waals surface area contributed by atoms with Gasteiger partial charge in [-0.3, -0.25) is 9.00 Å². The SMILES string of the molecule is CCS(=O)CC(=O)c1cc(F)ccc1F. The van der Waals surface area contributed by atoms with Gasteiger partial charge in [-0.05, 0) is 18.2 Å². The fraction of sp³-hybridized carbons (Fsp3) is 0.300. The van der Waals surface area contributed by atoms with Gasteiger partial charge < -0.3 is 0 Å². The van der Waals surface area contributed by atoms with Crippen molar-refractivity contribution in [1.29, 1.82) is 0 Å². The van der Waals surface area contributed by atoms with Gasteiger partial charge in [0.2, 0.25) is 0 Å². The molecule has 0 radical (unpaired) electrons. The van der Waals surface area contributed by atoms with Crippen molar-refractivity contribution in [2.75, 3.05) is 11.5 Å². The minimum Gasteiger partial charge on any atom is -0.293 e. The molecule has 82 valence electrons. The second-order valence-corrected chi connectivity index (χ2v) is 4.67. The van der Waals surface area contributed by atoms with Crippen molar-refractivity contribution in [3.63, 3.8) is 0 Å². The lowest BCUT2D eigenvalue weighted by Gasteiger charge is -2.01. The highest BCUT2D eigenvalue weighted by molar-refractivity contribution is 7.85. The third-order valence-corrected chi connectivity index (χ3v) is 3.07. The fourth-order valence-electron chi connectivity index (χ4n) is 1.04. The Morgan fingerprint density at radius 2 is 2.07 bits per heavy atom. The molecular formula is C10H10F2O2S. The Kier molecular flexibility index (Phi) is 4.08. The molecule has 0 aliphatic rings. The van der Waals surface area contributed by atoms with Crippen molar-refractivity contribution in [3.8, 4) is 0 Å². The van der Waals surface area contributed by atoms with Crippen molar-refractivity contribution in [3.05, 3.63) is 35.4 Å². The van der Waals surface area contributed by atoms with E-state index in [9.17, 15) is 17.8 Å². The predicted octanol–water partition coefficient (Wildman–Crippen LogP) is 1.92. The molecule has 0 saturated carbocycles. The molecule has 0 aliphatic heterocycles. The third kappa shape index (κ3) is 3.20. The number of carbonyl (C=O) groups excluding carboxylic acids is 1. The number of hydrogen-bond acceptors (Lipinski definition) is 2. The molecule has 0 heterocycles. The van der Waals surface area contributed by atoms with Crippen LogP contribution in [-0.2, 0) is 10.8 Å². The minimum absolute atomic E-state index is 0.267. The zero-order chi connectivity index (χ0) is 11.4. The van der Waals surface area contributed by atoms with Gasteiger partial charge in [-0.25, -0.2) is 8.78 Å². The van der Waals surface area contributed by atoms with E-state index >= 15 is 0 Å². The van der Waals surface area contributed by atoms with Gasteiger partial charge in [0.15, 0.2) is 5.78 Å². The van der Waals surface area contributed by atoms with Crippen molar-refractivity contribution in [1.82, 2.24) is 0 Å². The topological polar surface area (TPSA) is 34.1 Å². The van der Waals surface area contributed by atoms with Crippen LogP contribution in [0.3, 0.4) is 0 Å². The molecule has 15 heavy (non-hydrogen) atoms. The predicted molar refractivity (Wildman–Crippen MR) is 54.2 cm³/mol. The number of halogens is 2. The second kappa shape index (κ2) is 5.11. The van der Waals surface area contributed by atoms with Gasteiger partial charge in [-0.1, -0.05) is 6.92 Å². The maximum atomic E-state index is 13.1. The molecule has 0 saturated heterocycles. The van der Waals surface area contributed by atoms with Crippen molar-refractivity contribution in [2.24, 2.45) is 0 Å². The summed E-state index contributed by atoms with van der Waals surface area (Å²) in [4.78, 5) is 11.4. The van der Waals surface area contributed by atoms with Gasteiger partial charge in [0.25, 0.3) is 0 Å². The van der Waals surface area contributed by atoms with E-state index < -0.39 is 28.2 Å². The molecule has 1 unspecified atom stereocenters. The Morgan fingerprint density at radius 1 is 1.40 bits per heavy atom. The van der Waals surface area contributed by atoms with E-state index in [1.54, 1.807) is 6.92 Å². The molecule has 0 aliphatic carbocycles. The van der Waals surface area contributed by atoms with Crippen LogP contribution in [0.1, 0.15) is 17.3 Å². The zero-order valence-corrected chi connectivity index (χ0v) is 8.94. The summed E-state index contributed by atoms with van der Waals surface area (Å²) in [5.74, 6) is -2.04. The molecule has 1 rings (SSSR count). The van der Waals surface area contributed by atoms with Crippen molar-refractivity contribution < 1.29 is 17.8 Å². The minimum atomic E-state index is -1.31. The van der Waals surface area contributed by atoms with Crippen LogP contribution in [0.25, 0.3) is 0 Å². The Hall–Kier alpha value is -1.10. The standard InChI is InChI=1S/C10H10F2O2S/c1-2-15(14)6-10(13)8-5-7(11)3-4-9(8)12/h3-5H,2,6H2,1H3. The van der Waals surface area contributed by atoms with Gasteiger partial charge in [-0.2, -0.15) is 0 Å². The average Bonchev–Trinajstić information content (AvgIpc) is 2.21. The molecule has 0 aromatic heterocycles. The summed E-state index contributed by atoms with van der Waals surface area (Å²) in [6.07, 6.45) is 0. The molecule has 1 aromatic rings. The summed E-state index contributed by atoms with van der Waals surface area (Å²) < 4.78 is 36.9. The van der Waals surface area contributed by atoms with Crippen molar-refractivity contribution >= 4 is 16.6 Å². The Bertz CT molecular complexity index is 404. The molecule has 1 atom stereocenters. The van der Waals surface area contributed by atoms with E-state index in [1.165, 1.54) is 0 Å². The number of benzene rings is 1. The Labute approximate surface area is 88.8 Å². The maximum absolute atomic E-state index is 13.1. The van der Waals surface area contributed by atoms with Gasteiger partial charge in [-0.15, -0.1) is 0 Å². The van der Waals surface area contributed by atoms with E-state index in [0.29, 0.717) is 5.75 Å². The molecule has 0 amide bonds. The van der Waals surface area contributed by atoms with Gasteiger partial charge in [0.05, 0.1) is 11.3 Å². The highest BCUT2D eigenvalue weighted by Crippen LogP contribution is 2.10. The highest BCUT2D eigenvalue weighted by atomic mass is 32.2. The summed E-state index contributed by atoms with van der Waals surface area (Å²) in [6.45, 7) is 1.66. The molecule has 0 fully saturated rings. The van der Waals surface area contributed by atoms with Crippen molar-refractivity contribution in [2.45, 2.75) is 6.92 Å². The highest BCUT2D eigenvalue weighted by Gasteiger charge is 2.14. The van der Waals surface area contributed by atoms with Crippen LogP contribution in [0, 0.1) is 11.6 Å². The molecule has 0 bridgehead atoms. The molecule has 0 spiro atoms. The smallest absolute Gasteiger partial charge is 0.178 e. The number of Topliss-reactive ketones (excluding diaryl/α,β-unsaturated/α-hetero) is 1. The largest absolute Gasteiger partial charge is 0.293 e. The number of ketones is 1. The first-order valence-electron chi connectivity index (χ1n) is 4.37. The fourth-order valence-corrected chi connectivity index (χ4v) is 1.69. The second-order valence-electron chi connectivity index (χ2n) is 2.92. The number of rotatable bonds is 4. The van der Waals surface area contributed by atoms with E-state index in [1.807, 2.05) is 0 Å². The van der Waals surface area contributed by atoms with Crippen LogP contribution in [0.2, 0.25) is 0 Å². The molecule has 1 aromatic carbocycles. The summed E-state index contributed by atoms with van der Waals surface area (Å²) in [6, 6.07) is 2.64. The molecular weight excluding hydrogens is 222 g/mol. The lowest BCUT2D eigenvalue weighted by Crippen LogP contribution is -2.13. The lowest BCUT2D eigenvalue weighted by molar-refractivity contribution is 0.101. The van der Waals surface area contributed by atoms with Crippen LogP contribution < -0.4 is 0 Å².